The first kappa shape index (κ1) is 14.3. The van der Waals surface area contributed by atoms with Crippen LogP contribution < -0.4 is 4.52 Å². The number of aromatic nitrogens is 1. The molecule has 1 aromatic carbocycles. The number of hydrogen-bond donors (Lipinski definition) is 1. The average molecular weight is 280 g/mol. The first-order chi connectivity index (χ1) is 9.22. The van der Waals surface area contributed by atoms with Crippen molar-refractivity contribution in [1.82, 2.24) is 9.88 Å². The van der Waals surface area contributed by atoms with E-state index in [1.165, 1.54) is 10.9 Å². The molecule has 1 atom stereocenters. The van der Waals surface area contributed by atoms with Gasteiger partial charge >= 0.3 is 0 Å². The molecule has 0 aliphatic carbocycles. The van der Waals surface area contributed by atoms with Crippen LogP contribution in [0.2, 0.25) is 0 Å². The summed E-state index contributed by atoms with van der Waals surface area (Å²) < 4.78 is 10.9. The SMILES string of the molecule is COCPOc1cccc2[nH]cc(CCN(C)C)c12. The Morgan fingerprint density at radius 1 is 1.32 bits per heavy atom. The normalized spacial score (nSPS) is 12.0. The Bertz CT molecular complexity index is 525. The minimum atomic E-state index is 0.333. The summed E-state index contributed by atoms with van der Waals surface area (Å²) in [6.07, 6.45) is 3.73. The van der Waals surface area contributed by atoms with Gasteiger partial charge in [-0.25, -0.2) is 0 Å². The highest BCUT2D eigenvalue weighted by Crippen LogP contribution is 2.32. The molecule has 0 aliphatic rings. The zero-order chi connectivity index (χ0) is 13.7. The lowest BCUT2D eigenvalue weighted by atomic mass is 10.1. The third-order valence-electron chi connectivity index (χ3n) is 2.96. The summed E-state index contributed by atoms with van der Waals surface area (Å²) in [6.45, 7) is 1.03. The molecule has 104 valence electrons. The number of hydrogen-bond acceptors (Lipinski definition) is 3. The van der Waals surface area contributed by atoms with Crippen LogP contribution in [0, 0.1) is 0 Å². The standard InChI is InChI=1S/C14H21N2O2P/c1-16(2)8-7-11-9-15-12-5-4-6-13(14(11)12)18-19-10-17-3/h4-6,9,15,19H,7-8,10H2,1-3H3. The fourth-order valence-corrected chi connectivity index (χ4v) is 2.51. The molecular weight excluding hydrogens is 259 g/mol. The van der Waals surface area contributed by atoms with E-state index in [1.54, 1.807) is 7.11 Å². The van der Waals surface area contributed by atoms with Crippen LogP contribution >= 0.6 is 8.81 Å². The number of ether oxygens (including phenoxy) is 1. The van der Waals surface area contributed by atoms with Crippen molar-refractivity contribution in [2.75, 3.05) is 34.1 Å². The smallest absolute Gasteiger partial charge is 0.132 e. The molecule has 1 N–H and O–H groups in total. The van der Waals surface area contributed by atoms with Crippen molar-refractivity contribution in [2.45, 2.75) is 6.42 Å². The van der Waals surface area contributed by atoms with E-state index in [1.807, 2.05) is 12.1 Å². The molecule has 1 heterocycles. The summed E-state index contributed by atoms with van der Waals surface area (Å²) in [7, 11) is 6.20. The lowest BCUT2D eigenvalue weighted by molar-refractivity contribution is 0.252. The third kappa shape index (κ3) is 3.69. The Balaban J connectivity index is 2.22. The van der Waals surface area contributed by atoms with Crippen molar-refractivity contribution in [3.8, 4) is 5.75 Å². The number of H-pyrrole nitrogens is 1. The zero-order valence-electron chi connectivity index (χ0n) is 11.7. The number of methoxy groups -OCH3 is 1. The largest absolute Gasteiger partial charge is 0.474 e. The molecule has 0 bridgehead atoms. The van der Waals surface area contributed by atoms with Gasteiger partial charge in [-0.15, -0.1) is 0 Å². The second-order valence-corrected chi connectivity index (χ2v) is 5.51. The van der Waals surface area contributed by atoms with Crippen LogP contribution in [0.25, 0.3) is 10.9 Å². The Morgan fingerprint density at radius 2 is 2.16 bits per heavy atom. The minimum absolute atomic E-state index is 0.333. The highest BCUT2D eigenvalue weighted by molar-refractivity contribution is 7.32. The van der Waals surface area contributed by atoms with Crippen LogP contribution in [0.3, 0.4) is 0 Å². The molecule has 0 amide bonds. The van der Waals surface area contributed by atoms with Crippen molar-refractivity contribution in [3.05, 3.63) is 30.0 Å². The van der Waals surface area contributed by atoms with E-state index in [-0.39, 0.29) is 0 Å². The molecule has 0 fully saturated rings. The van der Waals surface area contributed by atoms with Gasteiger partial charge < -0.3 is 19.1 Å². The molecule has 0 radical (unpaired) electrons. The van der Waals surface area contributed by atoms with Crippen LogP contribution in [0.4, 0.5) is 0 Å². The molecule has 0 aliphatic heterocycles. The molecule has 4 nitrogen and oxygen atoms in total. The lowest BCUT2D eigenvalue weighted by Crippen LogP contribution is -2.14. The van der Waals surface area contributed by atoms with Gasteiger partial charge in [-0.05, 0) is 38.2 Å². The summed E-state index contributed by atoms with van der Waals surface area (Å²) in [6, 6.07) is 6.12. The van der Waals surface area contributed by atoms with E-state index in [4.69, 9.17) is 9.26 Å². The van der Waals surface area contributed by atoms with Crippen LogP contribution in [-0.2, 0) is 11.2 Å². The fourth-order valence-electron chi connectivity index (χ4n) is 2.01. The lowest BCUT2D eigenvalue weighted by Gasteiger charge is -2.10. The second kappa shape index (κ2) is 6.90. The first-order valence-electron chi connectivity index (χ1n) is 6.34. The van der Waals surface area contributed by atoms with Crippen LogP contribution in [0.15, 0.2) is 24.4 Å². The van der Waals surface area contributed by atoms with Gasteiger partial charge in [0.15, 0.2) is 0 Å². The number of fused-ring (bicyclic) bond motifs is 1. The second-order valence-electron chi connectivity index (χ2n) is 4.73. The molecule has 2 aromatic rings. The topological polar surface area (TPSA) is 37.5 Å². The van der Waals surface area contributed by atoms with E-state index >= 15 is 0 Å². The van der Waals surface area contributed by atoms with E-state index in [2.05, 4.69) is 36.2 Å². The quantitative estimate of drug-likeness (QED) is 0.626. The molecule has 5 heteroatoms. The van der Waals surface area contributed by atoms with Crippen LogP contribution in [0.1, 0.15) is 5.56 Å². The molecule has 2 rings (SSSR count). The monoisotopic (exact) mass is 280 g/mol. The molecule has 0 saturated heterocycles. The van der Waals surface area contributed by atoms with Crippen molar-refractivity contribution < 1.29 is 9.26 Å². The van der Waals surface area contributed by atoms with Gasteiger partial charge in [-0.2, -0.15) is 0 Å². The summed E-state index contributed by atoms with van der Waals surface area (Å²) in [5, 5.41) is 1.20. The summed E-state index contributed by atoms with van der Waals surface area (Å²) in [5.41, 5.74) is 2.44. The number of benzene rings is 1. The Kier molecular flexibility index (Phi) is 5.20. The van der Waals surface area contributed by atoms with Gasteiger partial charge in [0.05, 0.1) is 15.2 Å². The maximum atomic E-state index is 5.83. The van der Waals surface area contributed by atoms with Crippen LogP contribution in [0.5, 0.6) is 5.75 Å². The number of aromatic amines is 1. The maximum absolute atomic E-state index is 5.83. The summed E-state index contributed by atoms with van der Waals surface area (Å²) >= 11 is 0. The predicted molar refractivity (Wildman–Crippen MR) is 81.4 cm³/mol. The Hall–Kier alpha value is -1.09. The van der Waals surface area contributed by atoms with Gasteiger partial charge in [0, 0.05) is 30.8 Å². The van der Waals surface area contributed by atoms with Gasteiger partial charge in [0.2, 0.25) is 0 Å². The van der Waals surface area contributed by atoms with E-state index < -0.39 is 0 Å². The highest BCUT2D eigenvalue weighted by Gasteiger charge is 2.09. The predicted octanol–water partition coefficient (Wildman–Crippen LogP) is 2.85. The van der Waals surface area contributed by atoms with E-state index in [0.29, 0.717) is 15.2 Å². The van der Waals surface area contributed by atoms with E-state index in [9.17, 15) is 0 Å². The molecular formula is C14H21N2O2P. The zero-order valence-corrected chi connectivity index (χ0v) is 12.7. The first-order valence-corrected chi connectivity index (χ1v) is 7.46. The van der Waals surface area contributed by atoms with E-state index in [0.717, 1.165) is 24.2 Å². The number of likely N-dealkylation sites (N-methyl/N-ethyl adjacent to an activating group) is 1. The van der Waals surface area contributed by atoms with Crippen molar-refractivity contribution >= 4 is 19.7 Å². The summed E-state index contributed by atoms with van der Waals surface area (Å²) in [4.78, 5) is 5.51. The number of nitrogens with one attached hydrogen (secondary N) is 1. The molecule has 0 spiro atoms. The molecule has 1 aromatic heterocycles. The van der Waals surface area contributed by atoms with Gasteiger partial charge in [0.1, 0.15) is 5.75 Å². The number of nitrogens with zero attached hydrogens (tertiary/aromatic N) is 1. The Labute approximate surface area is 116 Å². The Morgan fingerprint density at radius 3 is 2.89 bits per heavy atom. The number of rotatable bonds is 7. The van der Waals surface area contributed by atoms with Gasteiger partial charge in [-0.1, -0.05) is 6.07 Å². The molecule has 1 unspecified atom stereocenters. The van der Waals surface area contributed by atoms with Crippen molar-refractivity contribution in [2.24, 2.45) is 0 Å². The average Bonchev–Trinajstić information content (AvgIpc) is 2.81. The molecule has 19 heavy (non-hydrogen) atoms. The minimum Gasteiger partial charge on any atom is -0.474 e. The van der Waals surface area contributed by atoms with Crippen molar-refractivity contribution in [3.63, 3.8) is 0 Å². The molecule has 0 saturated carbocycles. The van der Waals surface area contributed by atoms with Gasteiger partial charge in [-0.3, -0.25) is 0 Å². The third-order valence-corrected chi connectivity index (χ3v) is 3.73. The fraction of sp³-hybridized carbons (Fsp3) is 0.429. The summed E-state index contributed by atoms with van der Waals surface area (Å²) in [5.74, 6) is 0.947. The maximum Gasteiger partial charge on any atom is 0.132 e. The van der Waals surface area contributed by atoms with Crippen LogP contribution in [-0.4, -0.2) is 44.0 Å². The van der Waals surface area contributed by atoms with Gasteiger partial charge in [0.25, 0.3) is 0 Å². The highest BCUT2D eigenvalue weighted by atomic mass is 31.1. The van der Waals surface area contributed by atoms with Crippen molar-refractivity contribution in [1.29, 1.82) is 0 Å².